The van der Waals surface area contributed by atoms with Gasteiger partial charge in [-0.3, -0.25) is 9.48 Å². The minimum atomic E-state index is -2.95. The van der Waals surface area contributed by atoms with Crippen LogP contribution >= 0.6 is 15.9 Å². The highest BCUT2D eigenvalue weighted by atomic mass is 79.9. The van der Waals surface area contributed by atoms with Crippen molar-refractivity contribution >= 4 is 27.5 Å². The van der Waals surface area contributed by atoms with Crippen molar-refractivity contribution in [2.24, 2.45) is 0 Å². The fourth-order valence-corrected chi connectivity index (χ4v) is 2.03. The third-order valence-corrected chi connectivity index (χ3v) is 2.94. The van der Waals surface area contributed by atoms with Crippen molar-refractivity contribution in [3.05, 3.63) is 40.6 Å². The number of hydrogen-bond donors (Lipinski definition) is 1. The van der Waals surface area contributed by atoms with Gasteiger partial charge in [-0.2, -0.15) is 13.9 Å². The molecule has 0 spiro atoms. The quantitative estimate of drug-likeness (QED) is 0.891. The number of rotatable bonds is 5. The van der Waals surface area contributed by atoms with Crippen LogP contribution in [0.5, 0.6) is 5.75 Å². The lowest BCUT2D eigenvalue weighted by Gasteiger charge is -2.12. The van der Waals surface area contributed by atoms with E-state index in [2.05, 4.69) is 31.1 Å². The van der Waals surface area contributed by atoms with E-state index in [0.29, 0.717) is 0 Å². The van der Waals surface area contributed by atoms with Gasteiger partial charge in [-0.15, -0.1) is 0 Å². The van der Waals surface area contributed by atoms with E-state index >= 15 is 0 Å². The lowest BCUT2D eigenvalue weighted by Crippen LogP contribution is -2.20. The van der Waals surface area contributed by atoms with Crippen molar-refractivity contribution < 1.29 is 18.3 Å². The number of ether oxygens (including phenoxy) is 1. The number of carbonyl (C=O) groups excluding carboxylic acids is 1. The largest absolute Gasteiger partial charge is 0.433 e. The molecule has 1 aromatic carbocycles. The molecule has 0 fully saturated rings. The fraction of sp³-hybridized carbons (Fsp3) is 0.231. The van der Waals surface area contributed by atoms with Crippen molar-refractivity contribution in [2.75, 3.05) is 5.32 Å². The van der Waals surface area contributed by atoms with E-state index in [9.17, 15) is 13.6 Å². The molecule has 0 aliphatic carbocycles. The van der Waals surface area contributed by atoms with Crippen LogP contribution in [0.25, 0.3) is 0 Å². The minimum Gasteiger partial charge on any atom is -0.433 e. The van der Waals surface area contributed by atoms with Crippen LogP contribution in [0, 0.1) is 6.92 Å². The maximum absolute atomic E-state index is 12.3. The Hall–Kier alpha value is -1.96. The molecule has 1 N–H and O–H groups in total. The zero-order valence-electron chi connectivity index (χ0n) is 11.0. The van der Waals surface area contributed by atoms with Crippen LogP contribution < -0.4 is 10.1 Å². The smallest absolute Gasteiger partial charge is 0.387 e. The Bertz CT molecular complexity index is 646. The summed E-state index contributed by atoms with van der Waals surface area (Å²) in [4.78, 5) is 11.9. The third kappa shape index (κ3) is 4.52. The number of anilines is 1. The summed E-state index contributed by atoms with van der Waals surface area (Å²) in [7, 11) is 0. The van der Waals surface area contributed by atoms with Gasteiger partial charge in [-0.1, -0.05) is 6.07 Å². The van der Waals surface area contributed by atoms with Crippen LogP contribution in [0.2, 0.25) is 0 Å². The molecular weight excluding hydrogens is 348 g/mol. The number of aromatic nitrogens is 2. The monoisotopic (exact) mass is 359 g/mol. The van der Waals surface area contributed by atoms with Crippen LogP contribution in [-0.4, -0.2) is 22.3 Å². The van der Waals surface area contributed by atoms with E-state index in [4.69, 9.17) is 0 Å². The number of nitrogens with one attached hydrogen (secondary N) is 1. The Labute approximate surface area is 128 Å². The average Bonchev–Trinajstić information content (AvgIpc) is 2.77. The first kappa shape index (κ1) is 15.4. The van der Waals surface area contributed by atoms with E-state index in [0.717, 1.165) is 10.0 Å². The van der Waals surface area contributed by atoms with E-state index in [1.54, 1.807) is 31.5 Å². The minimum absolute atomic E-state index is 0.0341. The highest BCUT2D eigenvalue weighted by Gasteiger charge is 2.13. The lowest BCUT2D eigenvalue weighted by atomic mass is 10.2. The summed E-state index contributed by atoms with van der Waals surface area (Å²) in [6, 6.07) is 4.58. The topological polar surface area (TPSA) is 56.1 Å². The van der Waals surface area contributed by atoms with E-state index in [-0.39, 0.29) is 18.0 Å². The second-order valence-electron chi connectivity index (χ2n) is 4.28. The van der Waals surface area contributed by atoms with Crippen molar-refractivity contribution in [2.45, 2.75) is 20.1 Å². The molecule has 1 amide bonds. The molecule has 112 valence electrons. The molecule has 1 aromatic heterocycles. The first-order chi connectivity index (χ1) is 9.94. The highest BCUT2D eigenvalue weighted by molar-refractivity contribution is 9.10. The van der Waals surface area contributed by atoms with Crippen molar-refractivity contribution in [1.29, 1.82) is 0 Å². The maximum Gasteiger partial charge on any atom is 0.387 e. The van der Waals surface area contributed by atoms with Gasteiger partial charge in [0.1, 0.15) is 12.3 Å². The van der Waals surface area contributed by atoms with Crippen LogP contribution in [0.4, 0.5) is 14.5 Å². The number of hydrogen-bond acceptors (Lipinski definition) is 3. The van der Waals surface area contributed by atoms with Gasteiger partial charge >= 0.3 is 6.61 Å². The predicted octanol–water partition coefficient (Wildman–Crippen LogP) is 3.19. The van der Waals surface area contributed by atoms with E-state index in [1.165, 1.54) is 10.7 Å². The molecule has 2 rings (SSSR count). The van der Waals surface area contributed by atoms with Gasteiger partial charge in [0.2, 0.25) is 5.91 Å². The molecule has 0 radical (unpaired) electrons. The fourth-order valence-electron chi connectivity index (χ4n) is 1.70. The molecule has 2 aromatic rings. The molecule has 21 heavy (non-hydrogen) atoms. The van der Waals surface area contributed by atoms with Crippen LogP contribution in [0.1, 0.15) is 5.56 Å². The second kappa shape index (κ2) is 6.66. The van der Waals surface area contributed by atoms with Crippen molar-refractivity contribution in [1.82, 2.24) is 9.78 Å². The SMILES string of the molecule is Cc1ccc(OC(F)F)c(NC(=O)Cn2cc(Br)cn2)c1. The number of halogens is 3. The van der Waals surface area contributed by atoms with Crippen LogP contribution in [-0.2, 0) is 11.3 Å². The zero-order chi connectivity index (χ0) is 15.4. The van der Waals surface area contributed by atoms with Crippen molar-refractivity contribution in [3.63, 3.8) is 0 Å². The highest BCUT2D eigenvalue weighted by Crippen LogP contribution is 2.27. The molecule has 0 unspecified atom stereocenters. The molecule has 5 nitrogen and oxygen atoms in total. The summed E-state index contributed by atoms with van der Waals surface area (Å²) >= 11 is 3.22. The lowest BCUT2D eigenvalue weighted by molar-refractivity contribution is -0.117. The van der Waals surface area contributed by atoms with Gasteiger partial charge in [-0.05, 0) is 40.5 Å². The summed E-state index contributed by atoms with van der Waals surface area (Å²) in [5, 5.41) is 6.48. The molecule has 0 bridgehead atoms. The molecule has 0 saturated carbocycles. The molecule has 0 atom stereocenters. The van der Waals surface area contributed by atoms with Gasteiger partial charge in [0.15, 0.2) is 0 Å². The molecule has 8 heteroatoms. The zero-order valence-corrected chi connectivity index (χ0v) is 12.6. The Morgan fingerprint density at radius 3 is 2.90 bits per heavy atom. The molecule has 0 saturated heterocycles. The molecule has 0 aliphatic heterocycles. The predicted molar refractivity (Wildman–Crippen MR) is 76.4 cm³/mol. The number of aryl methyl sites for hydroxylation is 1. The van der Waals surface area contributed by atoms with Crippen molar-refractivity contribution in [3.8, 4) is 5.75 Å². The Balaban J connectivity index is 2.10. The number of alkyl halides is 2. The van der Waals surface area contributed by atoms with Gasteiger partial charge < -0.3 is 10.1 Å². The Morgan fingerprint density at radius 2 is 2.29 bits per heavy atom. The molecule has 0 aliphatic rings. The molecule has 1 heterocycles. The van der Waals surface area contributed by atoms with E-state index in [1.807, 2.05) is 0 Å². The van der Waals surface area contributed by atoms with Gasteiger partial charge in [-0.25, -0.2) is 0 Å². The number of nitrogens with zero attached hydrogens (tertiary/aromatic N) is 2. The number of benzene rings is 1. The summed E-state index contributed by atoms with van der Waals surface area (Å²) in [5.41, 5.74) is 1.01. The first-order valence-corrected chi connectivity index (χ1v) is 6.76. The van der Waals surface area contributed by atoms with E-state index < -0.39 is 12.5 Å². The normalized spacial score (nSPS) is 10.7. The maximum atomic E-state index is 12.3. The van der Waals surface area contributed by atoms with Crippen LogP contribution in [0.3, 0.4) is 0 Å². The van der Waals surface area contributed by atoms with Gasteiger partial charge in [0.25, 0.3) is 0 Å². The summed E-state index contributed by atoms with van der Waals surface area (Å²) < 4.78 is 31.2. The third-order valence-electron chi connectivity index (χ3n) is 2.53. The number of amides is 1. The summed E-state index contributed by atoms with van der Waals surface area (Å²) in [6.45, 7) is -1.20. The van der Waals surface area contributed by atoms with Crippen LogP contribution in [0.15, 0.2) is 35.1 Å². The van der Waals surface area contributed by atoms with Gasteiger partial charge in [0.05, 0.1) is 16.4 Å². The standard InChI is InChI=1S/C13H12BrF2N3O2/c1-8-2-3-11(21-13(15)16)10(4-8)18-12(20)7-19-6-9(14)5-17-19/h2-6,13H,7H2,1H3,(H,18,20). The Kier molecular flexibility index (Phi) is 4.89. The summed E-state index contributed by atoms with van der Waals surface area (Å²) in [5.74, 6) is -0.471. The Morgan fingerprint density at radius 1 is 1.52 bits per heavy atom. The molecular formula is C13H12BrF2N3O2. The van der Waals surface area contributed by atoms with Gasteiger partial charge in [0, 0.05) is 6.20 Å². The second-order valence-corrected chi connectivity index (χ2v) is 5.20. The average molecular weight is 360 g/mol. The summed E-state index contributed by atoms with van der Waals surface area (Å²) in [6.07, 6.45) is 3.18. The first-order valence-electron chi connectivity index (χ1n) is 5.97. The number of carbonyl (C=O) groups is 1.